The molecule has 1 unspecified atom stereocenters. The Bertz CT molecular complexity index is 626. The molecule has 0 amide bonds. The Hall–Kier alpha value is -2.07. The Morgan fingerprint density at radius 1 is 1.05 bits per heavy atom. The van der Waals surface area contributed by atoms with Gasteiger partial charge in [-0.2, -0.15) is 0 Å². The third kappa shape index (κ3) is 3.52. The van der Waals surface area contributed by atoms with Crippen LogP contribution in [0.2, 0.25) is 0 Å². The van der Waals surface area contributed by atoms with E-state index in [1.165, 1.54) is 12.1 Å². The van der Waals surface area contributed by atoms with E-state index in [1.54, 1.807) is 20.3 Å². The van der Waals surface area contributed by atoms with Crippen molar-refractivity contribution >= 4 is 0 Å². The predicted octanol–water partition coefficient (Wildman–Crippen LogP) is 3.26. The fourth-order valence-corrected chi connectivity index (χ4v) is 2.36. The second-order valence-electron chi connectivity index (χ2n) is 5.29. The number of rotatable bonds is 5. The summed E-state index contributed by atoms with van der Waals surface area (Å²) in [5, 5.41) is 0. The summed E-state index contributed by atoms with van der Waals surface area (Å²) in [6, 6.07) is 12.1. The Morgan fingerprint density at radius 2 is 1.76 bits per heavy atom. The van der Waals surface area contributed by atoms with Crippen molar-refractivity contribution in [2.24, 2.45) is 5.73 Å². The van der Waals surface area contributed by atoms with Gasteiger partial charge in [0.2, 0.25) is 0 Å². The molecule has 0 spiro atoms. The highest BCUT2D eigenvalue weighted by molar-refractivity contribution is 5.45. The summed E-state index contributed by atoms with van der Waals surface area (Å²) in [5.41, 5.74) is 7.55. The quantitative estimate of drug-likeness (QED) is 0.919. The second kappa shape index (κ2) is 6.14. The maximum Gasteiger partial charge on any atom is 0.161 e. The molecule has 0 saturated carbocycles. The van der Waals surface area contributed by atoms with Gasteiger partial charge in [-0.3, -0.25) is 0 Å². The highest BCUT2D eigenvalue weighted by atomic mass is 19.1. The lowest BCUT2D eigenvalue weighted by Gasteiger charge is -2.26. The topological polar surface area (TPSA) is 44.5 Å². The van der Waals surface area contributed by atoms with E-state index >= 15 is 0 Å². The van der Waals surface area contributed by atoms with Crippen LogP contribution in [0.5, 0.6) is 11.5 Å². The molecule has 2 N–H and O–H groups in total. The van der Waals surface area contributed by atoms with Gasteiger partial charge in [-0.05, 0) is 48.7 Å². The van der Waals surface area contributed by atoms with Crippen LogP contribution in [-0.2, 0) is 12.0 Å². The molecule has 0 bridgehead atoms. The average molecular weight is 289 g/mol. The first kappa shape index (κ1) is 15.3. The van der Waals surface area contributed by atoms with Crippen LogP contribution in [-0.4, -0.2) is 14.2 Å². The Balaban J connectivity index is 2.30. The minimum atomic E-state index is -0.632. The van der Waals surface area contributed by atoms with Crippen molar-refractivity contribution in [2.75, 3.05) is 14.2 Å². The molecule has 0 aliphatic rings. The molecule has 21 heavy (non-hydrogen) atoms. The van der Waals surface area contributed by atoms with E-state index in [-0.39, 0.29) is 5.82 Å². The number of benzene rings is 2. The lowest BCUT2D eigenvalue weighted by molar-refractivity contribution is 0.352. The lowest BCUT2D eigenvalue weighted by Crippen LogP contribution is -2.35. The van der Waals surface area contributed by atoms with E-state index < -0.39 is 5.54 Å². The molecular formula is C17H20FNO2. The molecule has 112 valence electrons. The standard InChI is InChI=1S/C17H20FNO2/c1-17(19,11-12-5-4-6-14(18)9-12)13-7-8-15(20-2)16(10-13)21-3/h4-10H,11,19H2,1-3H3. The van der Waals surface area contributed by atoms with Crippen molar-refractivity contribution in [1.82, 2.24) is 0 Å². The van der Waals surface area contributed by atoms with Crippen LogP contribution in [0, 0.1) is 5.82 Å². The number of nitrogens with two attached hydrogens (primary N) is 1. The van der Waals surface area contributed by atoms with Gasteiger partial charge in [-0.1, -0.05) is 18.2 Å². The fourth-order valence-electron chi connectivity index (χ4n) is 2.36. The van der Waals surface area contributed by atoms with Crippen LogP contribution in [0.15, 0.2) is 42.5 Å². The molecule has 0 aliphatic heterocycles. The average Bonchev–Trinajstić information content (AvgIpc) is 2.46. The van der Waals surface area contributed by atoms with Crippen LogP contribution in [0.1, 0.15) is 18.1 Å². The van der Waals surface area contributed by atoms with E-state index in [0.29, 0.717) is 17.9 Å². The maximum absolute atomic E-state index is 13.3. The summed E-state index contributed by atoms with van der Waals surface area (Å²) in [6.07, 6.45) is 0.528. The summed E-state index contributed by atoms with van der Waals surface area (Å²) in [6.45, 7) is 1.92. The van der Waals surface area contributed by atoms with Gasteiger partial charge >= 0.3 is 0 Å². The second-order valence-corrected chi connectivity index (χ2v) is 5.29. The van der Waals surface area contributed by atoms with E-state index in [1.807, 2.05) is 31.2 Å². The summed E-state index contributed by atoms with van der Waals surface area (Å²) in [4.78, 5) is 0. The van der Waals surface area contributed by atoms with Crippen molar-refractivity contribution in [2.45, 2.75) is 18.9 Å². The van der Waals surface area contributed by atoms with Crippen LogP contribution in [0.4, 0.5) is 4.39 Å². The van der Waals surface area contributed by atoms with Gasteiger partial charge in [0.05, 0.1) is 14.2 Å². The molecule has 2 rings (SSSR count). The first-order chi connectivity index (χ1) is 9.96. The maximum atomic E-state index is 13.3. The molecule has 0 fully saturated rings. The molecule has 2 aromatic rings. The van der Waals surface area contributed by atoms with Gasteiger partial charge < -0.3 is 15.2 Å². The van der Waals surface area contributed by atoms with Gasteiger partial charge in [-0.25, -0.2) is 4.39 Å². The van der Waals surface area contributed by atoms with Crippen molar-refractivity contribution in [3.8, 4) is 11.5 Å². The van der Waals surface area contributed by atoms with Gasteiger partial charge in [0.15, 0.2) is 11.5 Å². The fraction of sp³-hybridized carbons (Fsp3) is 0.294. The van der Waals surface area contributed by atoms with Crippen LogP contribution in [0.3, 0.4) is 0 Å². The summed E-state index contributed by atoms with van der Waals surface area (Å²) in [5.74, 6) is 1.03. The normalized spacial score (nSPS) is 13.6. The third-order valence-corrected chi connectivity index (χ3v) is 3.50. The molecule has 1 atom stereocenters. The van der Waals surface area contributed by atoms with Gasteiger partial charge in [0.25, 0.3) is 0 Å². The molecule has 3 nitrogen and oxygen atoms in total. The number of ether oxygens (including phenoxy) is 2. The zero-order valence-electron chi connectivity index (χ0n) is 12.5. The van der Waals surface area contributed by atoms with E-state index in [4.69, 9.17) is 15.2 Å². The van der Waals surface area contributed by atoms with Gasteiger partial charge in [-0.15, -0.1) is 0 Å². The smallest absolute Gasteiger partial charge is 0.161 e. The molecule has 4 heteroatoms. The first-order valence-electron chi connectivity index (χ1n) is 6.72. The van der Waals surface area contributed by atoms with Crippen molar-refractivity contribution in [3.05, 3.63) is 59.4 Å². The Labute approximate surface area is 124 Å². The minimum Gasteiger partial charge on any atom is -0.493 e. The molecule has 0 aromatic heterocycles. The minimum absolute atomic E-state index is 0.254. The Morgan fingerprint density at radius 3 is 2.38 bits per heavy atom. The van der Waals surface area contributed by atoms with Crippen molar-refractivity contribution in [1.29, 1.82) is 0 Å². The van der Waals surface area contributed by atoms with Crippen molar-refractivity contribution < 1.29 is 13.9 Å². The van der Waals surface area contributed by atoms with Crippen LogP contribution >= 0.6 is 0 Å². The Kier molecular flexibility index (Phi) is 4.48. The van der Waals surface area contributed by atoms with Gasteiger partial charge in [0, 0.05) is 5.54 Å². The van der Waals surface area contributed by atoms with E-state index in [0.717, 1.165) is 11.1 Å². The molecule has 0 aliphatic carbocycles. The van der Waals surface area contributed by atoms with Crippen LogP contribution in [0.25, 0.3) is 0 Å². The van der Waals surface area contributed by atoms with E-state index in [2.05, 4.69) is 0 Å². The lowest BCUT2D eigenvalue weighted by atomic mass is 9.86. The largest absolute Gasteiger partial charge is 0.493 e. The third-order valence-electron chi connectivity index (χ3n) is 3.50. The van der Waals surface area contributed by atoms with Crippen LogP contribution < -0.4 is 15.2 Å². The summed E-state index contributed by atoms with van der Waals surface area (Å²) < 4.78 is 23.8. The molecule has 0 heterocycles. The number of methoxy groups -OCH3 is 2. The SMILES string of the molecule is COc1ccc(C(C)(N)Cc2cccc(F)c2)cc1OC. The molecular weight excluding hydrogens is 269 g/mol. The molecule has 2 aromatic carbocycles. The number of halogens is 1. The highest BCUT2D eigenvalue weighted by Crippen LogP contribution is 2.32. The van der Waals surface area contributed by atoms with E-state index in [9.17, 15) is 4.39 Å². The monoisotopic (exact) mass is 289 g/mol. The zero-order chi connectivity index (χ0) is 15.5. The highest BCUT2D eigenvalue weighted by Gasteiger charge is 2.23. The predicted molar refractivity (Wildman–Crippen MR) is 81.2 cm³/mol. The number of hydrogen-bond acceptors (Lipinski definition) is 3. The number of hydrogen-bond donors (Lipinski definition) is 1. The first-order valence-corrected chi connectivity index (χ1v) is 6.72. The zero-order valence-corrected chi connectivity index (χ0v) is 12.5. The molecule has 0 saturated heterocycles. The molecule has 0 radical (unpaired) electrons. The van der Waals surface area contributed by atoms with Gasteiger partial charge in [0.1, 0.15) is 5.82 Å². The van der Waals surface area contributed by atoms with Crippen molar-refractivity contribution in [3.63, 3.8) is 0 Å². The summed E-state index contributed by atoms with van der Waals surface area (Å²) in [7, 11) is 3.17. The summed E-state index contributed by atoms with van der Waals surface area (Å²) >= 11 is 0.